The van der Waals surface area contributed by atoms with E-state index in [0.717, 1.165) is 38.4 Å². The quantitative estimate of drug-likeness (QED) is 0.409. The molecular formula is C13H20N4O2. The van der Waals surface area contributed by atoms with Crippen molar-refractivity contribution in [2.24, 2.45) is 4.99 Å². The average Bonchev–Trinajstić information content (AvgIpc) is 2.47. The van der Waals surface area contributed by atoms with Gasteiger partial charge < -0.3 is 10.0 Å². The van der Waals surface area contributed by atoms with E-state index in [2.05, 4.69) is 14.8 Å². The number of hydrogen-bond donors (Lipinski definition) is 3. The Balaban J connectivity index is 1.91. The standard InChI is InChI=1S/C13H20N4O2/c18-10-9-16-5-7-17(8-6-16)13-3-1-12(2-4-13)14-11-15-19/h1-4,11,18-19H,5-10H2,(H,14,15). The Morgan fingerprint density at radius 3 is 2.42 bits per heavy atom. The van der Waals surface area contributed by atoms with Crippen LogP contribution in [-0.4, -0.2) is 60.9 Å². The normalized spacial score (nSPS) is 17.1. The van der Waals surface area contributed by atoms with E-state index < -0.39 is 0 Å². The van der Waals surface area contributed by atoms with Crippen molar-refractivity contribution in [1.29, 1.82) is 0 Å². The second kappa shape index (κ2) is 7.08. The molecule has 0 spiro atoms. The van der Waals surface area contributed by atoms with Crippen LogP contribution in [0.1, 0.15) is 0 Å². The van der Waals surface area contributed by atoms with Crippen molar-refractivity contribution in [1.82, 2.24) is 10.4 Å². The first kappa shape index (κ1) is 13.8. The van der Waals surface area contributed by atoms with Crippen LogP contribution in [0, 0.1) is 0 Å². The molecule has 1 aromatic carbocycles. The molecule has 1 fully saturated rings. The molecule has 0 aromatic heterocycles. The third-order valence-corrected chi connectivity index (χ3v) is 3.27. The van der Waals surface area contributed by atoms with Gasteiger partial charge >= 0.3 is 0 Å². The zero-order valence-corrected chi connectivity index (χ0v) is 10.9. The van der Waals surface area contributed by atoms with Crippen LogP contribution in [0.4, 0.5) is 11.4 Å². The van der Waals surface area contributed by atoms with Gasteiger partial charge in [-0.15, -0.1) is 0 Å². The summed E-state index contributed by atoms with van der Waals surface area (Å²) in [5.41, 5.74) is 3.86. The summed E-state index contributed by atoms with van der Waals surface area (Å²) < 4.78 is 0. The van der Waals surface area contributed by atoms with E-state index in [9.17, 15) is 0 Å². The number of aliphatic hydroxyl groups excluding tert-OH is 1. The van der Waals surface area contributed by atoms with Gasteiger partial charge in [0.05, 0.1) is 12.3 Å². The molecule has 1 aliphatic heterocycles. The summed E-state index contributed by atoms with van der Waals surface area (Å²) in [6.07, 6.45) is 1.24. The highest BCUT2D eigenvalue weighted by Crippen LogP contribution is 2.20. The molecule has 0 unspecified atom stereocenters. The minimum absolute atomic E-state index is 0.228. The molecule has 0 aliphatic carbocycles. The van der Waals surface area contributed by atoms with Crippen LogP contribution in [0.25, 0.3) is 0 Å². The van der Waals surface area contributed by atoms with E-state index in [1.807, 2.05) is 29.7 Å². The number of hydrogen-bond acceptors (Lipinski definition) is 5. The maximum atomic E-state index is 8.91. The van der Waals surface area contributed by atoms with E-state index in [1.54, 1.807) is 0 Å². The number of β-amino-alcohol motifs (C(OH)–C–C–N with tert-alkyl or cyclic N) is 1. The molecule has 6 nitrogen and oxygen atoms in total. The number of benzene rings is 1. The van der Waals surface area contributed by atoms with Gasteiger partial charge in [-0.2, -0.15) is 0 Å². The van der Waals surface area contributed by atoms with Crippen molar-refractivity contribution >= 4 is 17.7 Å². The molecule has 0 bridgehead atoms. The molecule has 104 valence electrons. The topological polar surface area (TPSA) is 71.3 Å². The third kappa shape index (κ3) is 3.92. The number of piperazine rings is 1. The summed E-state index contributed by atoms with van der Waals surface area (Å²) in [6.45, 7) is 4.90. The fraction of sp³-hybridized carbons (Fsp3) is 0.462. The molecule has 1 heterocycles. The van der Waals surface area contributed by atoms with Crippen molar-refractivity contribution in [3.63, 3.8) is 0 Å². The van der Waals surface area contributed by atoms with Gasteiger partial charge in [0.1, 0.15) is 6.34 Å². The fourth-order valence-electron chi connectivity index (χ4n) is 2.22. The minimum atomic E-state index is 0.228. The Morgan fingerprint density at radius 2 is 1.84 bits per heavy atom. The molecule has 0 saturated carbocycles. The predicted octanol–water partition coefficient (Wildman–Crippen LogP) is 0.439. The zero-order chi connectivity index (χ0) is 13.5. The Hall–Kier alpha value is -1.63. The lowest BCUT2D eigenvalue weighted by atomic mass is 10.2. The molecule has 0 atom stereocenters. The maximum absolute atomic E-state index is 8.91. The highest BCUT2D eigenvalue weighted by atomic mass is 16.5. The Labute approximate surface area is 112 Å². The van der Waals surface area contributed by atoms with Crippen molar-refractivity contribution in [3.05, 3.63) is 24.3 Å². The number of anilines is 1. The molecule has 6 heteroatoms. The average molecular weight is 264 g/mol. The van der Waals surface area contributed by atoms with Crippen LogP contribution in [0.2, 0.25) is 0 Å². The summed E-state index contributed by atoms with van der Waals surface area (Å²) >= 11 is 0. The van der Waals surface area contributed by atoms with E-state index in [-0.39, 0.29) is 6.61 Å². The summed E-state index contributed by atoms with van der Waals surface area (Å²) in [5.74, 6) is 0. The van der Waals surface area contributed by atoms with Crippen LogP contribution < -0.4 is 10.4 Å². The van der Waals surface area contributed by atoms with Crippen molar-refractivity contribution in [2.75, 3.05) is 44.2 Å². The Bertz CT molecular complexity index is 400. The van der Waals surface area contributed by atoms with Crippen molar-refractivity contribution < 1.29 is 10.3 Å². The number of nitrogens with one attached hydrogen (secondary N) is 1. The SMILES string of the molecule is OCCN1CCN(c2ccc(N=CNO)cc2)CC1. The van der Waals surface area contributed by atoms with Crippen LogP contribution in [-0.2, 0) is 0 Å². The Kier molecular flexibility index (Phi) is 5.14. The number of hydroxylamine groups is 1. The van der Waals surface area contributed by atoms with Crippen molar-refractivity contribution in [2.45, 2.75) is 0 Å². The van der Waals surface area contributed by atoms with E-state index in [1.165, 1.54) is 12.0 Å². The summed E-state index contributed by atoms with van der Waals surface area (Å²) in [4.78, 5) is 8.60. The van der Waals surface area contributed by atoms with Gasteiger partial charge in [0.15, 0.2) is 0 Å². The number of aliphatic hydroxyl groups is 1. The lowest BCUT2D eigenvalue weighted by Crippen LogP contribution is -2.47. The lowest BCUT2D eigenvalue weighted by molar-refractivity contribution is 0.189. The second-order valence-electron chi connectivity index (χ2n) is 4.46. The van der Waals surface area contributed by atoms with Gasteiger partial charge in [-0.1, -0.05) is 0 Å². The molecule has 3 N–H and O–H groups in total. The number of aliphatic imine (C=N–C) groups is 1. The first-order chi connectivity index (χ1) is 9.33. The Morgan fingerprint density at radius 1 is 1.16 bits per heavy atom. The molecule has 1 aliphatic rings. The maximum Gasteiger partial charge on any atom is 0.113 e. The smallest absolute Gasteiger partial charge is 0.113 e. The molecule has 2 rings (SSSR count). The van der Waals surface area contributed by atoms with Gasteiger partial charge in [-0.05, 0) is 24.3 Å². The van der Waals surface area contributed by atoms with Crippen LogP contribution in [0.15, 0.2) is 29.3 Å². The van der Waals surface area contributed by atoms with E-state index in [4.69, 9.17) is 10.3 Å². The van der Waals surface area contributed by atoms with E-state index in [0.29, 0.717) is 0 Å². The van der Waals surface area contributed by atoms with Crippen molar-refractivity contribution in [3.8, 4) is 0 Å². The summed E-state index contributed by atoms with van der Waals surface area (Å²) in [6, 6.07) is 7.91. The molecule has 0 amide bonds. The van der Waals surface area contributed by atoms with Gasteiger partial charge in [-0.3, -0.25) is 15.6 Å². The van der Waals surface area contributed by atoms with Crippen LogP contribution in [0.5, 0.6) is 0 Å². The highest BCUT2D eigenvalue weighted by Gasteiger charge is 2.16. The molecule has 1 saturated heterocycles. The molecule has 0 radical (unpaired) electrons. The number of nitrogens with zero attached hydrogens (tertiary/aromatic N) is 3. The van der Waals surface area contributed by atoms with Crippen LogP contribution >= 0.6 is 0 Å². The second-order valence-corrected chi connectivity index (χ2v) is 4.46. The largest absolute Gasteiger partial charge is 0.395 e. The highest BCUT2D eigenvalue weighted by molar-refractivity contribution is 5.61. The first-order valence-electron chi connectivity index (χ1n) is 6.44. The fourth-order valence-corrected chi connectivity index (χ4v) is 2.22. The van der Waals surface area contributed by atoms with Crippen LogP contribution in [0.3, 0.4) is 0 Å². The minimum Gasteiger partial charge on any atom is -0.395 e. The lowest BCUT2D eigenvalue weighted by Gasteiger charge is -2.35. The van der Waals surface area contributed by atoms with Gasteiger partial charge in [-0.25, -0.2) is 4.99 Å². The van der Waals surface area contributed by atoms with Gasteiger partial charge in [0.25, 0.3) is 0 Å². The van der Waals surface area contributed by atoms with Gasteiger partial charge in [0.2, 0.25) is 0 Å². The monoisotopic (exact) mass is 264 g/mol. The third-order valence-electron chi connectivity index (χ3n) is 3.27. The molecule has 19 heavy (non-hydrogen) atoms. The van der Waals surface area contributed by atoms with Gasteiger partial charge in [0, 0.05) is 38.4 Å². The number of rotatable bonds is 5. The predicted molar refractivity (Wildman–Crippen MR) is 75.3 cm³/mol. The van der Waals surface area contributed by atoms with E-state index >= 15 is 0 Å². The summed E-state index contributed by atoms with van der Waals surface area (Å²) in [7, 11) is 0. The zero-order valence-electron chi connectivity index (χ0n) is 10.9. The summed E-state index contributed by atoms with van der Waals surface area (Å²) in [5, 5.41) is 17.3. The molecular weight excluding hydrogens is 244 g/mol. The molecule has 1 aromatic rings. The first-order valence-corrected chi connectivity index (χ1v) is 6.44.